The standard InChI is InChI=1S/C26H26N2O6/c29-18-4-3-5-21(15-18)33-19-9-11-20(12-10-19)34-25-13-8-17(16-27-25)14-24(30)28-23-7-2-1-6-22(23)26(31)32/h1-2,6-13,16,18,21,29H,3-5,14-15H2,(H,28,30)(H,31,32). The number of carbonyl (C=O) groups is 2. The van der Waals surface area contributed by atoms with Crippen LogP contribution in [0.3, 0.4) is 0 Å². The van der Waals surface area contributed by atoms with Gasteiger partial charge in [-0.05, 0) is 61.2 Å². The smallest absolute Gasteiger partial charge is 0.337 e. The number of hydrogen-bond acceptors (Lipinski definition) is 6. The predicted octanol–water partition coefficient (Wildman–Crippen LogP) is 4.44. The number of carboxylic acid groups (broad SMARTS) is 1. The fourth-order valence-electron chi connectivity index (χ4n) is 3.86. The summed E-state index contributed by atoms with van der Waals surface area (Å²) < 4.78 is 11.7. The van der Waals surface area contributed by atoms with Crippen LogP contribution < -0.4 is 14.8 Å². The lowest BCUT2D eigenvalue weighted by Crippen LogP contribution is -2.28. The van der Waals surface area contributed by atoms with Crippen LogP contribution in [0, 0.1) is 0 Å². The van der Waals surface area contributed by atoms with Crippen molar-refractivity contribution < 1.29 is 29.3 Å². The minimum atomic E-state index is -1.11. The topological polar surface area (TPSA) is 118 Å². The number of ether oxygens (including phenoxy) is 2. The quantitative estimate of drug-likeness (QED) is 0.453. The van der Waals surface area contributed by atoms with E-state index in [1.165, 1.54) is 6.07 Å². The van der Waals surface area contributed by atoms with Gasteiger partial charge in [0.15, 0.2) is 0 Å². The van der Waals surface area contributed by atoms with Crippen LogP contribution in [-0.2, 0) is 11.2 Å². The van der Waals surface area contributed by atoms with Crippen molar-refractivity contribution in [3.63, 3.8) is 0 Å². The Bertz CT molecular complexity index is 1130. The lowest BCUT2D eigenvalue weighted by molar-refractivity contribution is -0.115. The van der Waals surface area contributed by atoms with Gasteiger partial charge in [0, 0.05) is 18.7 Å². The number of aliphatic hydroxyl groups is 1. The third kappa shape index (κ3) is 6.32. The van der Waals surface area contributed by atoms with E-state index in [-0.39, 0.29) is 35.8 Å². The Kier molecular flexibility index (Phi) is 7.39. The summed E-state index contributed by atoms with van der Waals surface area (Å²) in [6.45, 7) is 0. The monoisotopic (exact) mass is 462 g/mol. The van der Waals surface area contributed by atoms with E-state index < -0.39 is 5.97 Å². The van der Waals surface area contributed by atoms with Gasteiger partial charge in [-0.2, -0.15) is 0 Å². The number of aliphatic hydroxyl groups excluding tert-OH is 1. The van der Waals surface area contributed by atoms with E-state index in [1.54, 1.807) is 48.7 Å². The van der Waals surface area contributed by atoms with E-state index in [0.29, 0.717) is 23.6 Å². The summed E-state index contributed by atoms with van der Waals surface area (Å²) in [5, 5.41) is 21.6. The highest BCUT2D eigenvalue weighted by atomic mass is 16.5. The second-order valence-corrected chi connectivity index (χ2v) is 8.21. The average molecular weight is 463 g/mol. The van der Waals surface area contributed by atoms with E-state index in [4.69, 9.17) is 9.47 Å². The molecule has 2 aromatic carbocycles. The molecule has 8 nitrogen and oxygen atoms in total. The number of nitrogens with zero attached hydrogens (tertiary/aromatic N) is 1. The van der Waals surface area contributed by atoms with Crippen molar-refractivity contribution in [3.8, 4) is 17.4 Å². The normalized spacial score (nSPS) is 17.6. The molecule has 0 spiro atoms. The highest BCUT2D eigenvalue weighted by Gasteiger charge is 2.21. The first-order chi connectivity index (χ1) is 16.5. The number of nitrogens with one attached hydrogen (secondary N) is 1. The van der Waals surface area contributed by atoms with Gasteiger partial charge in [0.05, 0.1) is 23.8 Å². The number of para-hydroxylation sites is 1. The van der Waals surface area contributed by atoms with Crippen molar-refractivity contribution in [3.05, 3.63) is 78.0 Å². The second kappa shape index (κ2) is 10.8. The number of benzene rings is 2. The number of aromatic carboxylic acids is 1. The van der Waals surface area contributed by atoms with Crippen LogP contribution >= 0.6 is 0 Å². The van der Waals surface area contributed by atoms with Gasteiger partial charge in [0.1, 0.15) is 17.6 Å². The van der Waals surface area contributed by atoms with Crippen LogP contribution in [0.2, 0.25) is 0 Å². The van der Waals surface area contributed by atoms with Gasteiger partial charge < -0.3 is 25.0 Å². The summed E-state index contributed by atoms with van der Waals surface area (Å²) in [6, 6.07) is 16.9. The maximum absolute atomic E-state index is 12.3. The molecule has 176 valence electrons. The SMILES string of the molecule is O=C(Cc1ccc(Oc2ccc(OC3CCCC(O)C3)cc2)nc1)Nc1ccccc1C(=O)O. The van der Waals surface area contributed by atoms with Crippen molar-refractivity contribution >= 4 is 17.6 Å². The van der Waals surface area contributed by atoms with Gasteiger partial charge in [0.25, 0.3) is 0 Å². The van der Waals surface area contributed by atoms with E-state index in [1.807, 2.05) is 12.1 Å². The van der Waals surface area contributed by atoms with Crippen molar-refractivity contribution in [2.24, 2.45) is 0 Å². The molecule has 1 aromatic heterocycles. The molecule has 4 rings (SSSR count). The average Bonchev–Trinajstić information content (AvgIpc) is 2.82. The summed E-state index contributed by atoms with van der Waals surface area (Å²) >= 11 is 0. The maximum Gasteiger partial charge on any atom is 0.337 e. The third-order valence-electron chi connectivity index (χ3n) is 5.54. The molecule has 3 aromatic rings. The fourth-order valence-corrected chi connectivity index (χ4v) is 3.86. The zero-order chi connectivity index (χ0) is 23.9. The molecule has 1 heterocycles. The van der Waals surface area contributed by atoms with Crippen molar-refractivity contribution in [1.29, 1.82) is 0 Å². The first kappa shape index (κ1) is 23.3. The Labute approximate surface area is 197 Å². The Balaban J connectivity index is 1.30. The Morgan fingerprint density at radius 3 is 2.47 bits per heavy atom. The molecule has 2 atom stereocenters. The number of rotatable bonds is 8. The van der Waals surface area contributed by atoms with E-state index in [9.17, 15) is 19.8 Å². The molecule has 8 heteroatoms. The number of amides is 1. The molecule has 1 amide bonds. The Hall–Kier alpha value is -3.91. The van der Waals surface area contributed by atoms with E-state index >= 15 is 0 Å². The molecule has 0 radical (unpaired) electrons. The predicted molar refractivity (Wildman–Crippen MR) is 125 cm³/mol. The van der Waals surface area contributed by atoms with Gasteiger partial charge >= 0.3 is 5.97 Å². The lowest BCUT2D eigenvalue weighted by atomic mass is 9.95. The molecule has 0 aliphatic heterocycles. The molecule has 3 N–H and O–H groups in total. The van der Waals surface area contributed by atoms with Crippen molar-refractivity contribution in [2.45, 2.75) is 44.3 Å². The van der Waals surface area contributed by atoms with Crippen LogP contribution in [-0.4, -0.2) is 39.3 Å². The molecule has 1 aliphatic carbocycles. The van der Waals surface area contributed by atoms with E-state index in [0.717, 1.165) is 25.0 Å². The molecule has 1 aliphatic rings. The summed E-state index contributed by atoms with van der Waals surface area (Å²) in [7, 11) is 0. The van der Waals surface area contributed by atoms with Gasteiger partial charge in [-0.25, -0.2) is 9.78 Å². The Morgan fingerprint density at radius 2 is 1.76 bits per heavy atom. The van der Waals surface area contributed by atoms with Crippen LogP contribution in [0.5, 0.6) is 17.4 Å². The number of hydrogen-bond donors (Lipinski definition) is 3. The van der Waals surface area contributed by atoms with Gasteiger partial charge in [-0.3, -0.25) is 4.79 Å². The fraction of sp³-hybridized carbons (Fsp3) is 0.269. The molecule has 34 heavy (non-hydrogen) atoms. The zero-order valence-electron chi connectivity index (χ0n) is 18.5. The van der Waals surface area contributed by atoms with Gasteiger partial charge in [-0.1, -0.05) is 18.2 Å². The van der Waals surface area contributed by atoms with Crippen LogP contribution in [0.25, 0.3) is 0 Å². The summed E-state index contributed by atoms with van der Waals surface area (Å²) in [6.07, 6.45) is 4.72. The largest absolute Gasteiger partial charge is 0.490 e. The third-order valence-corrected chi connectivity index (χ3v) is 5.54. The number of anilines is 1. The first-order valence-corrected chi connectivity index (χ1v) is 11.2. The molecule has 0 bridgehead atoms. The van der Waals surface area contributed by atoms with Gasteiger partial charge in [-0.15, -0.1) is 0 Å². The zero-order valence-corrected chi connectivity index (χ0v) is 18.5. The molecule has 1 saturated carbocycles. The van der Waals surface area contributed by atoms with Crippen molar-refractivity contribution in [2.75, 3.05) is 5.32 Å². The molecule has 0 saturated heterocycles. The number of carbonyl (C=O) groups excluding carboxylic acids is 1. The summed E-state index contributed by atoms with van der Waals surface area (Å²) in [5.74, 6) is 0.255. The number of pyridine rings is 1. The maximum atomic E-state index is 12.3. The Morgan fingerprint density at radius 1 is 1.00 bits per heavy atom. The lowest BCUT2D eigenvalue weighted by Gasteiger charge is -2.26. The minimum Gasteiger partial charge on any atom is -0.490 e. The van der Waals surface area contributed by atoms with E-state index in [2.05, 4.69) is 10.3 Å². The second-order valence-electron chi connectivity index (χ2n) is 8.21. The molecular weight excluding hydrogens is 436 g/mol. The molecule has 1 fully saturated rings. The summed E-state index contributed by atoms with van der Waals surface area (Å²) in [4.78, 5) is 27.9. The minimum absolute atomic E-state index is 0.0273. The first-order valence-electron chi connectivity index (χ1n) is 11.2. The van der Waals surface area contributed by atoms with Crippen LogP contribution in [0.1, 0.15) is 41.6 Å². The van der Waals surface area contributed by atoms with Gasteiger partial charge in [0.2, 0.25) is 11.8 Å². The summed E-state index contributed by atoms with van der Waals surface area (Å²) in [5.41, 5.74) is 0.946. The highest BCUT2D eigenvalue weighted by Crippen LogP contribution is 2.27. The molecule has 2 unspecified atom stereocenters. The molecular formula is C26H26N2O6. The van der Waals surface area contributed by atoms with Crippen LogP contribution in [0.15, 0.2) is 66.9 Å². The van der Waals surface area contributed by atoms with Crippen molar-refractivity contribution in [1.82, 2.24) is 4.98 Å². The number of carboxylic acids is 1. The van der Waals surface area contributed by atoms with Crippen LogP contribution in [0.4, 0.5) is 5.69 Å². The number of aromatic nitrogens is 1. The highest BCUT2D eigenvalue weighted by molar-refractivity contribution is 6.00.